The molecule has 0 spiro atoms. The van der Waals surface area contributed by atoms with E-state index in [2.05, 4.69) is 42.9 Å². The van der Waals surface area contributed by atoms with Crippen LogP contribution in [-0.4, -0.2) is 30.3 Å². The van der Waals surface area contributed by atoms with Crippen LogP contribution in [0.2, 0.25) is 0 Å². The molecule has 1 rings (SSSR count). The van der Waals surface area contributed by atoms with Gasteiger partial charge in [-0.25, -0.2) is 4.79 Å². The van der Waals surface area contributed by atoms with E-state index in [-0.39, 0.29) is 24.1 Å². The third kappa shape index (κ3) is 7.18. The molecular weight excluding hydrogens is 260 g/mol. The molecule has 0 radical (unpaired) electrons. The van der Waals surface area contributed by atoms with Crippen LogP contribution in [0.25, 0.3) is 0 Å². The SMILES string of the molecule is CC(C)(C)CC(CO)NC(=O)NCCc1ccsc1. The van der Waals surface area contributed by atoms with Crippen LogP contribution in [-0.2, 0) is 6.42 Å². The van der Waals surface area contributed by atoms with E-state index in [0.717, 1.165) is 12.8 Å². The average molecular weight is 284 g/mol. The van der Waals surface area contributed by atoms with E-state index in [0.29, 0.717) is 6.54 Å². The highest BCUT2D eigenvalue weighted by Gasteiger charge is 2.19. The maximum Gasteiger partial charge on any atom is 0.315 e. The van der Waals surface area contributed by atoms with Gasteiger partial charge in [-0.2, -0.15) is 11.3 Å². The number of aliphatic hydroxyl groups is 1. The Morgan fingerprint density at radius 3 is 2.74 bits per heavy atom. The average Bonchev–Trinajstić information content (AvgIpc) is 2.79. The molecule has 0 aliphatic rings. The van der Waals surface area contributed by atoms with Crippen molar-refractivity contribution < 1.29 is 9.90 Å². The number of hydrogen-bond donors (Lipinski definition) is 3. The lowest BCUT2D eigenvalue weighted by molar-refractivity contribution is 0.191. The van der Waals surface area contributed by atoms with Gasteiger partial charge in [0.25, 0.3) is 0 Å². The minimum atomic E-state index is -0.210. The molecule has 3 N–H and O–H groups in total. The second-order valence-corrected chi connectivity index (χ2v) is 6.71. The molecule has 1 heterocycles. The van der Waals surface area contributed by atoms with Gasteiger partial charge >= 0.3 is 6.03 Å². The van der Waals surface area contributed by atoms with Crippen LogP contribution >= 0.6 is 11.3 Å². The molecule has 1 aromatic rings. The van der Waals surface area contributed by atoms with Gasteiger partial charge in [0.05, 0.1) is 12.6 Å². The maximum absolute atomic E-state index is 11.7. The van der Waals surface area contributed by atoms with Crippen molar-refractivity contribution in [1.29, 1.82) is 0 Å². The molecule has 1 aromatic heterocycles. The van der Waals surface area contributed by atoms with Crippen molar-refractivity contribution >= 4 is 17.4 Å². The molecule has 0 aliphatic heterocycles. The summed E-state index contributed by atoms with van der Waals surface area (Å²) in [6, 6.07) is 1.65. The number of urea groups is 1. The molecule has 2 amide bonds. The second kappa shape index (κ2) is 7.50. The zero-order valence-electron chi connectivity index (χ0n) is 11.9. The van der Waals surface area contributed by atoms with Crippen molar-refractivity contribution in [2.45, 2.75) is 39.7 Å². The predicted molar refractivity (Wildman–Crippen MR) is 79.5 cm³/mol. The molecule has 1 unspecified atom stereocenters. The minimum absolute atomic E-state index is 0.0325. The first-order chi connectivity index (χ1) is 8.90. The quantitative estimate of drug-likeness (QED) is 0.751. The molecule has 1 atom stereocenters. The molecule has 0 aliphatic carbocycles. The smallest absolute Gasteiger partial charge is 0.315 e. The summed E-state index contributed by atoms with van der Waals surface area (Å²) < 4.78 is 0. The zero-order valence-corrected chi connectivity index (χ0v) is 12.7. The Morgan fingerprint density at radius 2 is 2.21 bits per heavy atom. The highest BCUT2D eigenvalue weighted by Crippen LogP contribution is 2.20. The number of thiophene rings is 1. The standard InChI is InChI=1S/C14H24N2O2S/c1-14(2,3)8-12(9-17)16-13(18)15-6-4-11-5-7-19-10-11/h5,7,10,12,17H,4,6,8-9H2,1-3H3,(H2,15,16,18). The van der Waals surface area contributed by atoms with E-state index in [9.17, 15) is 9.90 Å². The van der Waals surface area contributed by atoms with Gasteiger partial charge in [-0.05, 0) is 40.6 Å². The molecule has 5 heteroatoms. The van der Waals surface area contributed by atoms with Gasteiger partial charge in [0.1, 0.15) is 0 Å². The molecule has 0 saturated carbocycles. The van der Waals surface area contributed by atoms with Gasteiger partial charge in [0, 0.05) is 6.54 Å². The first kappa shape index (κ1) is 16.0. The lowest BCUT2D eigenvalue weighted by Gasteiger charge is -2.25. The van der Waals surface area contributed by atoms with Gasteiger partial charge in [-0.15, -0.1) is 0 Å². The summed E-state index contributed by atoms with van der Waals surface area (Å²) in [5.41, 5.74) is 1.32. The fraction of sp³-hybridized carbons (Fsp3) is 0.643. The van der Waals surface area contributed by atoms with Crippen LogP contribution < -0.4 is 10.6 Å². The lowest BCUT2D eigenvalue weighted by Crippen LogP contribution is -2.45. The normalized spacial score (nSPS) is 13.1. The number of aliphatic hydroxyl groups excluding tert-OH is 1. The Balaban J connectivity index is 2.25. The molecule has 0 aromatic carbocycles. The van der Waals surface area contributed by atoms with Crippen molar-refractivity contribution in [3.05, 3.63) is 22.4 Å². The highest BCUT2D eigenvalue weighted by atomic mass is 32.1. The van der Waals surface area contributed by atoms with Crippen molar-refractivity contribution in [2.75, 3.05) is 13.2 Å². The molecule has 0 fully saturated rings. The number of carbonyl (C=O) groups is 1. The number of carbonyl (C=O) groups excluding carboxylic acids is 1. The molecule has 108 valence electrons. The fourth-order valence-corrected chi connectivity index (χ4v) is 2.60. The van der Waals surface area contributed by atoms with E-state index in [1.54, 1.807) is 11.3 Å². The Labute approximate surface area is 119 Å². The van der Waals surface area contributed by atoms with Crippen molar-refractivity contribution in [1.82, 2.24) is 10.6 Å². The maximum atomic E-state index is 11.7. The van der Waals surface area contributed by atoms with Crippen LogP contribution in [0.1, 0.15) is 32.8 Å². The number of amides is 2. The van der Waals surface area contributed by atoms with Gasteiger partial charge < -0.3 is 15.7 Å². The lowest BCUT2D eigenvalue weighted by atomic mass is 9.88. The predicted octanol–water partition coefficient (Wildman–Crippen LogP) is 2.39. The fourth-order valence-electron chi connectivity index (χ4n) is 1.89. The third-order valence-corrected chi connectivity index (χ3v) is 3.43. The van der Waals surface area contributed by atoms with Gasteiger partial charge in [-0.3, -0.25) is 0 Å². The molecule has 19 heavy (non-hydrogen) atoms. The minimum Gasteiger partial charge on any atom is -0.394 e. The molecule has 4 nitrogen and oxygen atoms in total. The summed E-state index contributed by atoms with van der Waals surface area (Å²) >= 11 is 1.66. The Hall–Kier alpha value is -1.07. The number of rotatable bonds is 6. The van der Waals surface area contributed by atoms with Crippen molar-refractivity contribution in [3.63, 3.8) is 0 Å². The van der Waals surface area contributed by atoms with Crippen molar-refractivity contribution in [3.8, 4) is 0 Å². The van der Waals surface area contributed by atoms with Gasteiger partial charge in [0.2, 0.25) is 0 Å². The van der Waals surface area contributed by atoms with Crippen LogP contribution in [0.4, 0.5) is 4.79 Å². The van der Waals surface area contributed by atoms with Gasteiger partial charge in [-0.1, -0.05) is 20.8 Å². The summed E-state index contributed by atoms with van der Waals surface area (Å²) in [5.74, 6) is 0. The first-order valence-corrected chi connectivity index (χ1v) is 7.51. The topological polar surface area (TPSA) is 61.4 Å². The first-order valence-electron chi connectivity index (χ1n) is 6.57. The highest BCUT2D eigenvalue weighted by molar-refractivity contribution is 7.07. The van der Waals surface area contributed by atoms with Crippen LogP contribution in [0.3, 0.4) is 0 Å². The zero-order chi connectivity index (χ0) is 14.3. The van der Waals surface area contributed by atoms with Crippen LogP contribution in [0, 0.1) is 5.41 Å². The largest absolute Gasteiger partial charge is 0.394 e. The Morgan fingerprint density at radius 1 is 1.47 bits per heavy atom. The third-order valence-electron chi connectivity index (χ3n) is 2.69. The summed E-state index contributed by atoms with van der Waals surface area (Å²) in [4.78, 5) is 11.7. The van der Waals surface area contributed by atoms with E-state index < -0.39 is 0 Å². The van der Waals surface area contributed by atoms with E-state index >= 15 is 0 Å². The van der Waals surface area contributed by atoms with E-state index in [4.69, 9.17) is 0 Å². The van der Waals surface area contributed by atoms with E-state index in [1.807, 2.05) is 5.38 Å². The monoisotopic (exact) mass is 284 g/mol. The van der Waals surface area contributed by atoms with Crippen LogP contribution in [0.15, 0.2) is 16.8 Å². The molecular formula is C14H24N2O2S. The summed E-state index contributed by atoms with van der Waals surface area (Å²) in [6.45, 7) is 6.84. The number of nitrogens with one attached hydrogen (secondary N) is 2. The van der Waals surface area contributed by atoms with Crippen molar-refractivity contribution in [2.24, 2.45) is 5.41 Å². The molecule has 0 saturated heterocycles. The Bertz CT molecular complexity index is 371. The Kier molecular flexibility index (Phi) is 6.31. The number of hydrogen-bond acceptors (Lipinski definition) is 3. The summed E-state index contributed by atoms with van der Waals surface area (Å²) in [6.07, 6.45) is 1.58. The summed E-state index contributed by atoms with van der Waals surface area (Å²) in [5, 5.41) is 19.0. The summed E-state index contributed by atoms with van der Waals surface area (Å²) in [7, 11) is 0. The van der Waals surface area contributed by atoms with Gasteiger partial charge in [0.15, 0.2) is 0 Å². The molecule has 0 bridgehead atoms. The van der Waals surface area contributed by atoms with E-state index in [1.165, 1.54) is 5.56 Å². The second-order valence-electron chi connectivity index (χ2n) is 5.93. The van der Waals surface area contributed by atoms with Crippen LogP contribution in [0.5, 0.6) is 0 Å².